The summed E-state index contributed by atoms with van der Waals surface area (Å²) in [5.74, 6) is -0.319. The number of pyridine rings is 1. The number of nitrogens with one attached hydrogen (secondary N) is 1. The van der Waals surface area contributed by atoms with Crippen LogP contribution in [0.4, 0.5) is 0 Å². The second kappa shape index (κ2) is 9.95. The van der Waals surface area contributed by atoms with E-state index in [1.54, 1.807) is 28.9 Å². The van der Waals surface area contributed by atoms with E-state index in [-0.39, 0.29) is 24.1 Å². The molecule has 0 aliphatic carbocycles. The van der Waals surface area contributed by atoms with Gasteiger partial charge in [-0.1, -0.05) is 24.3 Å². The molecule has 34 heavy (non-hydrogen) atoms. The number of β-amino-alcohol motifs (C(OH)–C–C–N with tert-alkyl or cyclic N) is 1. The number of aliphatic hydroxyl groups is 1. The van der Waals surface area contributed by atoms with Crippen LogP contribution in [-0.2, 0) is 13.0 Å². The average molecular weight is 462 g/mol. The lowest BCUT2D eigenvalue weighted by atomic mass is 10.00. The van der Waals surface area contributed by atoms with Crippen molar-refractivity contribution in [3.05, 3.63) is 71.2 Å². The highest BCUT2D eigenvalue weighted by molar-refractivity contribution is 5.95. The minimum atomic E-state index is -0.667. The van der Waals surface area contributed by atoms with Crippen LogP contribution in [0.5, 0.6) is 0 Å². The molecule has 3 aromatic rings. The molecule has 2 N–H and O–H groups in total. The zero-order valence-corrected chi connectivity index (χ0v) is 19.3. The number of likely N-dealkylation sites (tertiary alicyclic amines) is 1. The summed E-state index contributed by atoms with van der Waals surface area (Å²) in [6.07, 6.45) is 6.92. The minimum absolute atomic E-state index is 0.0183. The Morgan fingerprint density at radius 2 is 1.79 bits per heavy atom. The number of imidazole rings is 1. The van der Waals surface area contributed by atoms with Crippen molar-refractivity contribution in [2.24, 2.45) is 0 Å². The Labute approximate surface area is 199 Å². The van der Waals surface area contributed by atoms with E-state index in [1.165, 1.54) is 17.5 Å². The summed E-state index contributed by atoms with van der Waals surface area (Å²) in [5.41, 5.74) is 4.13. The van der Waals surface area contributed by atoms with Crippen molar-refractivity contribution in [2.75, 3.05) is 32.7 Å². The summed E-state index contributed by atoms with van der Waals surface area (Å²) in [6, 6.07) is 11.9. The van der Waals surface area contributed by atoms with Crippen molar-refractivity contribution in [3.8, 4) is 0 Å². The first kappa shape index (κ1) is 22.6. The Balaban J connectivity index is 1.16. The van der Waals surface area contributed by atoms with Gasteiger partial charge in [-0.2, -0.15) is 0 Å². The number of hydrogen-bond donors (Lipinski definition) is 2. The lowest BCUT2D eigenvalue weighted by Gasteiger charge is -2.30. The molecule has 2 aliphatic heterocycles. The number of aromatic nitrogens is 2. The van der Waals surface area contributed by atoms with Gasteiger partial charge in [0.1, 0.15) is 11.3 Å². The number of carbonyl (C=O) groups is 2. The number of hydrogen-bond acceptors (Lipinski definition) is 5. The van der Waals surface area contributed by atoms with E-state index in [2.05, 4.69) is 33.4 Å². The van der Waals surface area contributed by atoms with Crippen LogP contribution in [0, 0.1) is 0 Å². The average Bonchev–Trinajstić information content (AvgIpc) is 3.31. The van der Waals surface area contributed by atoms with E-state index in [0.717, 1.165) is 45.4 Å². The molecule has 1 aromatic carbocycles. The maximum Gasteiger partial charge on any atom is 0.271 e. The summed E-state index contributed by atoms with van der Waals surface area (Å²) in [5, 5.41) is 13.3. The molecule has 4 heterocycles. The van der Waals surface area contributed by atoms with Crippen molar-refractivity contribution >= 4 is 17.5 Å². The molecule has 1 atom stereocenters. The Bertz CT molecular complexity index is 1180. The topological polar surface area (TPSA) is 90.2 Å². The monoisotopic (exact) mass is 461 g/mol. The Morgan fingerprint density at radius 1 is 1.00 bits per heavy atom. The van der Waals surface area contributed by atoms with E-state index in [9.17, 15) is 14.7 Å². The molecule has 2 aliphatic rings. The highest BCUT2D eigenvalue weighted by Crippen LogP contribution is 2.18. The predicted molar refractivity (Wildman–Crippen MR) is 129 cm³/mol. The van der Waals surface area contributed by atoms with Gasteiger partial charge in [0.25, 0.3) is 11.8 Å². The number of carbonyl (C=O) groups excluding carboxylic acids is 2. The normalized spacial score (nSPS) is 17.4. The smallest absolute Gasteiger partial charge is 0.271 e. The van der Waals surface area contributed by atoms with E-state index in [0.29, 0.717) is 17.8 Å². The third kappa shape index (κ3) is 4.98. The third-order valence-electron chi connectivity index (χ3n) is 6.75. The molecule has 1 saturated heterocycles. The number of piperidine rings is 1. The molecule has 2 amide bonds. The van der Waals surface area contributed by atoms with Gasteiger partial charge in [0.15, 0.2) is 0 Å². The summed E-state index contributed by atoms with van der Waals surface area (Å²) in [4.78, 5) is 33.9. The molecule has 1 fully saturated rings. The van der Waals surface area contributed by atoms with Crippen LogP contribution in [0.3, 0.4) is 0 Å². The summed E-state index contributed by atoms with van der Waals surface area (Å²) >= 11 is 0. The van der Waals surface area contributed by atoms with Gasteiger partial charge in [0, 0.05) is 51.7 Å². The highest BCUT2D eigenvalue weighted by atomic mass is 16.3. The molecule has 178 valence electrons. The van der Waals surface area contributed by atoms with Crippen LogP contribution in [0.2, 0.25) is 0 Å². The fourth-order valence-electron chi connectivity index (χ4n) is 4.88. The molecule has 0 saturated carbocycles. The standard InChI is InChI=1S/C26H31N5O3/c32-22(17-29-13-10-19-6-2-3-7-20(19)15-29)14-27-25(33)23-18-31-16-21(8-9-24(31)28-23)26(34)30-11-4-1-5-12-30/h2-3,6-9,16,18,22,32H,1,4-5,10-15,17H2,(H,27,33)/t22-/m0/s1. The molecule has 8 nitrogen and oxygen atoms in total. The van der Waals surface area contributed by atoms with Crippen molar-refractivity contribution < 1.29 is 14.7 Å². The SMILES string of the molecule is O=C(NC[C@H](O)CN1CCc2ccccc2C1)c1cn2cc(C(=O)N3CCCCC3)ccc2n1. The number of fused-ring (bicyclic) bond motifs is 2. The van der Waals surface area contributed by atoms with Crippen LogP contribution >= 0.6 is 0 Å². The van der Waals surface area contributed by atoms with Gasteiger partial charge in [-0.15, -0.1) is 0 Å². The molecule has 2 aromatic heterocycles. The van der Waals surface area contributed by atoms with Gasteiger partial charge in [-0.25, -0.2) is 4.98 Å². The van der Waals surface area contributed by atoms with Crippen LogP contribution in [0.25, 0.3) is 5.65 Å². The molecule has 0 bridgehead atoms. The molecule has 0 radical (unpaired) electrons. The first-order chi connectivity index (χ1) is 16.6. The van der Waals surface area contributed by atoms with Crippen LogP contribution < -0.4 is 5.32 Å². The largest absolute Gasteiger partial charge is 0.390 e. The Morgan fingerprint density at radius 3 is 2.62 bits per heavy atom. The second-order valence-electron chi connectivity index (χ2n) is 9.28. The van der Waals surface area contributed by atoms with Crippen LogP contribution in [0.15, 0.2) is 48.8 Å². The van der Waals surface area contributed by atoms with E-state index in [4.69, 9.17) is 0 Å². The third-order valence-corrected chi connectivity index (χ3v) is 6.75. The van der Waals surface area contributed by atoms with Gasteiger partial charge in [0.05, 0.1) is 11.7 Å². The fourth-order valence-corrected chi connectivity index (χ4v) is 4.88. The van der Waals surface area contributed by atoms with Gasteiger partial charge in [0.2, 0.25) is 0 Å². The van der Waals surface area contributed by atoms with Crippen LogP contribution in [0.1, 0.15) is 51.2 Å². The fraction of sp³-hybridized carbons (Fsp3) is 0.423. The maximum absolute atomic E-state index is 12.8. The summed E-state index contributed by atoms with van der Waals surface area (Å²) in [6.45, 7) is 3.95. The number of nitrogens with zero attached hydrogens (tertiary/aromatic N) is 4. The van der Waals surface area contributed by atoms with Crippen molar-refractivity contribution in [1.29, 1.82) is 0 Å². The number of rotatable bonds is 6. The zero-order valence-electron chi connectivity index (χ0n) is 19.3. The summed E-state index contributed by atoms with van der Waals surface area (Å²) < 4.78 is 1.72. The maximum atomic E-state index is 12.8. The second-order valence-corrected chi connectivity index (χ2v) is 9.28. The van der Waals surface area contributed by atoms with Gasteiger partial charge < -0.3 is 19.7 Å². The van der Waals surface area contributed by atoms with E-state index in [1.807, 2.05) is 11.0 Å². The quantitative estimate of drug-likeness (QED) is 0.587. The van der Waals surface area contributed by atoms with Gasteiger partial charge in [-0.05, 0) is 48.9 Å². The van der Waals surface area contributed by atoms with E-state index >= 15 is 0 Å². The number of benzene rings is 1. The predicted octanol–water partition coefficient (Wildman–Crippen LogP) is 2.11. The lowest BCUT2D eigenvalue weighted by molar-refractivity contribution is 0.0723. The first-order valence-electron chi connectivity index (χ1n) is 12.1. The van der Waals surface area contributed by atoms with E-state index < -0.39 is 6.10 Å². The minimum Gasteiger partial charge on any atom is -0.390 e. The van der Waals surface area contributed by atoms with Gasteiger partial charge in [-0.3, -0.25) is 14.5 Å². The first-order valence-corrected chi connectivity index (χ1v) is 12.1. The zero-order chi connectivity index (χ0) is 23.5. The molecular formula is C26H31N5O3. The Hall–Kier alpha value is -3.23. The molecule has 0 spiro atoms. The molecule has 5 rings (SSSR count). The van der Waals surface area contributed by atoms with Crippen molar-refractivity contribution in [3.63, 3.8) is 0 Å². The molecule has 8 heteroatoms. The Kier molecular flexibility index (Phi) is 6.60. The van der Waals surface area contributed by atoms with Gasteiger partial charge >= 0.3 is 0 Å². The number of amides is 2. The number of aliphatic hydroxyl groups excluding tert-OH is 1. The van der Waals surface area contributed by atoms with Crippen LogP contribution in [-0.4, -0.2) is 74.9 Å². The highest BCUT2D eigenvalue weighted by Gasteiger charge is 2.21. The molecular weight excluding hydrogens is 430 g/mol. The molecule has 0 unspecified atom stereocenters. The van der Waals surface area contributed by atoms with Crippen molar-refractivity contribution in [2.45, 2.75) is 38.3 Å². The summed E-state index contributed by atoms with van der Waals surface area (Å²) in [7, 11) is 0. The van der Waals surface area contributed by atoms with Crippen molar-refractivity contribution in [1.82, 2.24) is 24.5 Å². The lowest BCUT2D eigenvalue weighted by Crippen LogP contribution is -2.42.